The summed E-state index contributed by atoms with van der Waals surface area (Å²) in [5, 5.41) is 19.9. The standard InChI is InChI=1S/C48H22F12N4/c49-45(50,51)29-9-13-33-34-14-10-30(46(52,53)54)20-40(34)63(39(33)19-29)37-17-18-38(44(28-7-3-26(24-62)4-8-28)43(37)27-5-1-25(23-61)2-6-27)64-41-21-31(47(55,56)57)11-15-35(41)36-16-12-32(22-42(36)64)48(58,59)60/h1-22H. The molecule has 9 aromatic rings. The van der Waals surface area contributed by atoms with Crippen LogP contribution >= 0.6 is 0 Å². The zero-order valence-corrected chi connectivity index (χ0v) is 32.0. The minimum atomic E-state index is -4.92. The van der Waals surface area contributed by atoms with Crippen molar-refractivity contribution >= 4 is 43.6 Å². The molecule has 0 radical (unpaired) electrons. The molecule has 16 heteroatoms. The summed E-state index contributed by atoms with van der Waals surface area (Å²) in [4.78, 5) is 0. The molecule has 0 aliphatic heterocycles. The molecule has 0 atom stereocenters. The summed E-state index contributed by atoms with van der Waals surface area (Å²) in [6.07, 6.45) is -19.7. The first-order chi connectivity index (χ1) is 30.2. The molecule has 64 heavy (non-hydrogen) atoms. The van der Waals surface area contributed by atoms with Crippen LogP contribution in [0.1, 0.15) is 33.4 Å². The highest BCUT2D eigenvalue weighted by molar-refractivity contribution is 6.13. The van der Waals surface area contributed by atoms with Crippen LogP contribution < -0.4 is 0 Å². The van der Waals surface area contributed by atoms with E-state index in [1.807, 2.05) is 12.1 Å². The fourth-order valence-corrected chi connectivity index (χ4v) is 8.22. The molecule has 2 heterocycles. The Morgan fingerprint density at radius 3 is 0.797 bits per heavy atom. The maximum Gasteiger partial charge on any atom is 0.416 e. The van der Waals surface area contributed by atoms with E-state index in [1.54, 1.807) is 0 Å². The fourth-order valence-electron chi connectivity index (χ4n) is 8.22. The predicted molar refractivity (Wildman–Crippen MR) is 215 cm³/mol. The van der Waals surface area contributed by atoms with Crippen LogP contribution in [0.2, 0.25) is 0 Å². The summed E-state index contributed by atoms with van der Waals surface area (Å²) in [6.45, 7) is 0. The van der Waals surface area contributed by atoms with Crippen molar-refractivity contribution in [2.24, 2.45) is 0 Å². The monoisotopic (exact) mass is 882 g/mol. The van der Waals surface area contributed by atoms with Crippen molar-refractivity contribution in [1.29, 1.82) is 10.5 Å². The van der Waals surface area contributed by atoms with Gasteiger partial charge in [0, 0.05) is 32.7 Å². The first-order valence-corrected chi connectivity index (χ1v) is 18.8. The number of fused-ring (bicyclic) bond motifs is 6. The first kappa shape index (κ1) is 41.6. The van der Waals surface area contributed by atoms with E-state index in [2.05, 4.69) is 0 Å². The molecular weight excluding hydrogens is 861 g/mol. The van der Waals surface area contributed by atoms with Gasteiger partial charge in [-0.2, -0.15) is 63.2 Å². The molecule has 0 saturated carbocycles. The first-order valence-electron chi connectivity index (χ1n) is 18.8. The second-order valence-electron chi connectivity index (χ2n) is 14.8. The molecule has 2 aromatic heterocycles. The number of aromatic nitrogens is 2. The largest absolute Gasteiger partial charge is 0.416 e. The molecule has 4 nitrogen and oxygen atoms in total. The average molecular weight is 883 g/mol. The smallest absolute Gasteiger partial charge is 0.309 e. The molecule has 7 aromatic carbocycles. The van der Waals surface area contributed by atoms with Gasteiger partial charge in [0.05, 0.1) is 79.0 Å². The van der Waals surface area contributed by atoms with E-state index in [0.29, 0.717) is 0 Å². The van der Waals surface area contributed by atoms with Gasteiger partial charge in [-0.15, -0.1) is 0 Å². The van der Waals surface area contributed by atoms with Gasteiger partial charge in [-0.25, -0.2) is 0 Å². The number of hydrogen-bond donors (Lipinski definition) is 0. The Morgan fingerprint density at radius 1 is 0.328 bits per heavy atom. The maximum atomic E-state index is 14.4. The number of benzene rings is 7. The second kappa shape index (κ2) is 14.4. The lowest BCUT2D eigenvalue weighted by molar-refractivity contribution is -0.138. The second-order valence-corrected chi connectivity index (χ2v) is 14.8. The molecule has 9 rings (SSSR count). The highest BCUT2D eigenvalue weighted by Crippen LogP contribution is 2.48. The molecule has 318 valence electrons. The lowest BCUT2D eigenvalue weighted by Crippen LogP contribution is -2.08. The number of halogens is 12. The van der Waals surface area contributed by atoms with Crippen LogP contribution in [0.4, 0.5) is 52.7 Å². The van der Waals surface area contributed by atoms with E-state index in [0.717, 1.165) is 72.8 Å². The average Bonchev–Trinajstić information content (AvgIpc) is 3.76. The number of rotatable bonds is 4. The topological polar surface area (TPSA) is 57.4 Å². The lowest BCUT2D eigenvalue weighted by Gasteiger charge is -2.23. The van der Waals surface area contributed by atoms with Crippen molar-refractivity contribution < 1.29 is 52.7 Å². The van der Waals surface area contributed by atoms with Gasteiger partial charge in [-0.3, -0.25) is 0 Å². The molecule has 0 unspecified atom stereocenters. The van der Waals surface area contributed by atoms with Crippen LogP contribution in [0, 0.1) is 22.7 Å². The quantitative estimate of drug-likeness (QED) is 0.165. The molecule has 0 aliphatic carbocycles. The van der Waals surface area contributed by atoms with E-state index in [1.165, 1.54) is 69.8 Å². The summed E-state index contributed by atoms with van der Waals surface area (Å²) in [7, 11) is 0. The Bertz CT molecular complexity index is 3070. The SMILES string of the molecule is N#Cc1ccc(-c2c(-n3c4cc(C(F)(F)F)ccc4c4ccc(C(F)(F)F)cc43)ccc(-n3c4cc(C(F)(F)F)ccc4c4ccc(C(F)(F)F)cc43)c2-c2ccc(C#N)cc2)cc1. The number of nitriles is 2. The van der Waals surface area contributed by atoms with Gasteiger partial charge in [0.1, 0.15) is 0 Å². The van der Waals surface area contributed by atoms with Crippen LogP contribution in [-0.4, -0.2) is 9.13 Å². The van der Waals surface area contributed by atoms with Crippen molar-refractivity contribution in [1.82, 2.24) is 9.13 Å². The summed E-state index contributed by atoms with van der Waals surface area (Å²) in [5.41, 5.74) is -4.72. The summed E-state index contributed by atoms with van der Waals surface area (Å²) >= 11 is 0. The summed E-state index contributed by atoms with van der Waals surface area (Å²) < 4.78 is 175. The van der Waals surface area contributed by atoms with Crippen LogP contribution in [0.15, 0.2) is 133 Å². The third-order valence-corrected chi connectivity index (χ3v) is 11.1. The highest BCUT2D eigenvalue weighted by Gasteiger charge is 2.36. The molecule has 0 fully saturated rings. The van der Waals surface area contributed by atoms with Crippen molar-refractivity contribution in [2.75, 3.05) is 0 Å². The summed E-state index contributed by atoms with van der Waals surface area (Å²) in [6, 6.07) is 28.6. The van der Waals surface area contributed by atoms with Crippen LogP contribution in [0.25, 0.3) is 77.2 Å². The molecule has 0 spiro atoms. The Hall–Kier alpha value is -7.72. The number of hydrogen-bond acceptors (Lipinski definition) is 2. The maximum absolute atomic E-state index is 14.4. The van der Waals surface area contributed by atoms with Crippen LogP contribution in [0.3, 0.4) is 0 Å². The third kappa shape index (κ3) is 6.91. The van der Waals surface area contributed by atoms with Gasteiger partial charge in [0.2, 0.25) is 0 Å². The van der Waals surface area contributed by atoms with Gasteiger partial charge < -0.3 is 9.13 Å². The zero-order valence-electron chi connectivity index (χ0n) is 32.0. The van der Waals surface area contributed by atoms with Crippen molar-refractivity contribution in [2.45, 2.75) is 24.7 Å². The Morgan fingerprint density at radius 2 is 0.578 bits per heavy atom. The van der Waals surface area contributed by atoms with E-state index in [-0.39, 0.29) is 88.4 Å². The number of nitrogens with zero attached hydrogens (tertiary/aromatic N) is 4. The van der Waals surface area contributed by atoms with E-state index in [4.69, 9.17) is 0 Å². The molecule has 0 N–H and O–H groups in total. The fraction of sp³-hybridized carbons (Fsp3) is 0.0833. The van der Waals surface area contributed by atoms with Gasteiger partial charge in [0.25, 0.3) is 0 Å². The molecular formula is C48H22F12N4. The Labute approximate surface area is 352 Å². The van der Waals surface area contributed by atoms with Crippen molar-refractivity contribution in [3.63, 3.8) is 0 Å². The number of alkyl halides is 12. The minimum Gasteiger partial charge on any atom is -0.309 e. The summed E-state index contributed by atoms with van der Waals surface area (Å²) in [5.74, 6) is 0. The highest BCUT2D eigenvalue weighted by atomic mass is 19.4. The van der Waals surface area contributed by atoms with Crippen molar-refractivity contribution in [3.8, 4) is 45.8 Å². The van der Waals surface area contributed by atoms with Gasteiger partial charge in [-0.1, -0.05) is 48.5 Å². The molecule has 0 bridgehead atoms. The molecule has 0 amide bonds. The Balaban J connectivity index is 1.53. The zero-order chi connectivity index (χ0) is 45.7. The third-order valence-electron chi connectivity index (χ3n) is 11.1. The predicted octanol–water partition coefficient (Wildman–Crippen LogP) is 15.0. The Kier molecular flexibility index (Phi) is 9.38. The van der Waals surface area contributed by atoms with E-state index in [9.17, 15) is 63.2 Å². The van der Waals surface area contributed by atoms with Crippen LogP contribution in [0.5, 0.6) is 0 Å². The van der Waals surface area contributed by atoms with E-state index >= 15 is 0 Å². The van der Waals surface area contributed by atoms with Gasteiger partial charge >= 0.3 is 24.7 Å². The van der Waals surface area contributed by atoms with Gasteiger partial charge in [-0.05, 0) is 96.1 Å². The normalized spacial score (nSPS) is 12.7. The van der Waals surface area contributed by atoms with E-state index < -0.39 is 47.0 Å². The van der Waals surface area contributed by atoms with Gasteiger partial charge in [0.15, 0.2) is 0 Å². The molecule has 0 saturated heterocycles. The van der Waals surface area contributed by atoms with Crippen molar-refractivity contribution in [3.05, 3.63) is 167 Å². The minimum absolute atomic E-state index is 0.0364. The molecule has 0 aliphatic rings. The lowest BCUT2D eigenvalue weighted by atomic mass is 9.90. The van der Waals surface area contributed by atoms with Crippen LogP contribution in [-0.2, 0) is 24.7 Å².